The number of piperidine rings is 1. The van der Waals surface area contributed by atoms with Crippen LogP contribution in [0.4, 0.5) is 0 Å². The van der Waals surface area contributed by atoms with Crippen LogP contribution in [-0.4, -0.2) is 39.9 Å². The van der Waals surface area contributed by atoms with E-state index in [0.29, 0.717) is 6.54 Å². The Kier molecular flexibility index (Phi) is 5.41. The number of nitrogens with zero attached hydrogens (tertiary/aromatic N) is 3. The Morgan fingerprint density at radius 3 is 1.78 bits per heavy atom. The Balaban J connectivity index is 1.76. The smallest absolute Gasteiger partial charge is 0.138 e. The minimum atomic E-state index is -0.888. The first-order chi connectivity index (χ1) is 15.6. The second kappa shape index (κ2) is 8.38. The molecule has 0 radical (unpaired) electrons. The molecule has 1 aromatic heterocycles. The van der Waals surface area contributed by atoms with Crippen molar-refractivity contribution in [2.24, 2.45) is 0 Å². The third kappa shape index (κ3) is 3.46. The molecule has 3 aromatic carbocycles. The lowest BCUT2D eigenvalue weighted by Gasteiger charge is -2.38. The quantitative estimate of drug-likeness (QED) is 0.476. The fourth-order valence-electron chi connectivity index (χ4n) is 5.16. The van der Waals surface area contributed by atoms with E-state index in [9.17, 15) is 5.11 Å². The second-order valence-electron chi connectivity index (χ2n) is 8.85. The average Bonchev–Trinajstić information content (AvgIpc) is 3.33. The Hall–Kier alpha value is -3.21. The van der Waals surface area contributed by atoms with Crippen LogP contribution in [0.15, 0.2) is 103 Å². The minimum Gasteiger partial charge on any atom is -0.384 e. The Morgan fingerprint density at radius 2 is 1.31 bits per heavy atom. The van der Waals surface area contributed by atoms with Crippen molar-refractivity contribution < 1.29 is 5.11 Å². The van der Waals surface area contributed by atoms with Gasteiger partial charge in [0.2, 0.25) is 0 Å². The zero-order valence-corrected chi connectivity index (χ0v) is 18.4. The van der Waals surface area contributed by atoms with E-state index in [4.69, 9.17) is 5.10 Å². The van der Waals surface area contributed by atoms with Gasteiger partial charge in [0.25, 0.3) is 0 Å². The van der Waals surface area contributed by atoms with Crippen LogP contribution in [0.2, 0.25) is 0 Å². The van der Waals surface area contributed by atoms with E-state index in [1.165, 1.54) is 0 Å². The molecule has 1 saturated heterocycles. The third-order valence-electron chi connectivity index (χ3n) is 6.70. The van der Waals surface area contributed by atoms with Crippen molar-refractivity contribution in [3.8, 4) is 0 Å². The summed E-state index contributed by atoms with van der Waals surface area (Å²) in [6.07, 6.45) is 5.62. The van der Waals surface area contributed by atoms with E-state index in [-0.39, 0.29) is 0 Å². The summed E-state index contributed by atoms with van der Waals surface area (Å²) >= 11 is 0. The number of aromatic nitrogens is 2. The standard InChI is InChI=1S/C28H29N3O/c1-30-19-11-18-27(32,22-30)26-20-29-31(21-26)28(23-12-5-2-6-13-23,24-14-7-3-8-15-24)25-16-9-4-10-17-25/h2-10,12-17,20-21,32H,11,18-19,22H2,1H3. The van der Waals surface area contributed by atoms with Gasteiger partial charge in [0.05, 0.1) is 6.20 Å². The largest absolute Gasteiger partial charge is 0.384 e. The lowest BCUT2D eigenvalue weighted by atomic mass is 9.77. The number of hydrogen-bond acceptors (Lipinski definition) is 3. The summed E-state index contributed by atoms with van der Waals surface area (Å²) < 4.78 is 2.04. The van der Waals surface area contributed by atoms with Gasteiger partial charge in [0, 0.05) is 18.3 Å². The average molecular weight is 424 g/mol. The zero-order valence-electron chi connectivity index (χ0n) is 18.4. The molecule has 1 N–H and O–H groups in total. The van der Waals surface area contributed by atoms with Crippen LogP contribution in [0, 0.1) is 0 Å². The second-order valence-corrected chi connectivity index (χ2v) is 8.85. The van der Waals surface area contributed by atoms with Gasteiger partial charge < -0.3 is 10.0 Å². The van der Waals surface area contributed by atoms with Crippen molar-refractivity contribution in [1.82, 2.24) is 14.7 Å². The molecule has 0 spiro atoms. The zero-order chi connectivity index (χ0) is 22.0. The molecule has 5 rings (SSSR count). The maximum Gasteiger partial charge on any atom is 0.138 e. The molecule has 0 bridgehead atoms. The molecule has 4 aromatic rings. The lowest BCUT2D eigenvalue weighted by Crippen LogP contribution is -2.44. The molecule has 162 valence electrons. The first kappa shape index (κ1) is 20.7. The molecule has 32 heavy (non-hydrogen) atoms. The molecule has 1 aliphatic rings. The number of β-amino-alcohol motifs (C(OH)–C–C–N with tert-alkyl or cyclic N) is 1. The third-order valence-corrected chi connectivity index (χ3v) is 6.70. The van der Waals surface area contributed by atoms with Crippen molar-refractivity contribution in [1.29, 1.82) is 0 Å². The summed E-state index contributed by atoms with van der Waals surface area (Å²) in [4.78, 5) is 2.19. The predicted molar refractivity (Wildman–Crippen MR) is 127 cm³/mol. The van der Waals surface area contributed by atoms with Gasteiger partial charge in [-0.15, -0.1) is 0 Å². The van der Waals surface area contributed by atoms with Gasteiger partial charge >= 0.3 is 0 Å². The summed E-state index contributed by atoms with van der Waals surface area (Å²) in [5, 5.41) is 16.4. The molecule has 1 atom stereocenters. The summed E-state index contributed by atoms with van der Waals surface area (Å²) in [5.41, 5.74) is 2.70. The molecule has 0 aliphatic carbocycles. The van der Waals surface area contributed by atoms with Gasteiger partial charge in [-0.3, -0.25) is 4.68 Å². The van der Waals surface area contributed by atoms with Gasteiger partial charge in [-0.2, -0.15) is 5.10 Å². The maximum atomic E-state index is 11.5. The van der Waals surface area contributed by atoms with Gasteiger partial charge in [-0.1, -0.05) is 91.0 Å². The fraction of sp³-hybridized carbons (Fsp3) is 0.250. The first-order valence-corrected chi connectivity index (χ1v) is 11.3. The van der Waals surface area contributed by atoms with Gasteiger partial charge in [-0.25, -0.2) is 0 Å². The minimum absolute atomic E-state index is 0.619. The fourth-order valence-corrected chi connectivity index (χ4v) is 5.16. The van der Waals surface area contributed by atoms with Crippen LogP contribution >= 0.6 is 0 Å². The molecular formula is C28H29N3O. The van der Waals surface area contributed by atoms with E-state index in [1.807, 2.05) is 35.3 Å². The van der Waals surface area contributed by atoms with E-state index in [0.717, 1.165) is 41.6 Å². The number of benzene rings is 3. The number of aliphatic hydroxyl groups is 1. The molecule has 4 heteroatoms. The molecule has 1 unspecified atom stereocenters. The van der Waals surface area contributed by atoms with Crippen LogP contribution in [0.25, 0.3) is 0 Å². The summed E-state index contributed by atoms with van der Waals surface area (Å²) in [5.74, 6) is 0. The van der Waals surface area contributed by atoms with Crippen molar-refractivity contribution in [2.75, 3.05) is 20.1 Å². The highest BCUT2D eigenvalue weighted by atomic mass is 16.3. The van der Waals surface area contributed by atoms with Crippen molar-refractivity contribution >= 4 is 0 Å². The monoisotopic (exact) mass is 423 g/mol. The SMILES string of the molecule is CN1CCCC(O)(c2cnn(C(c3ccccc3)(c3ccccc3)c3ccccc3)c2)C1. The van der Waals surface area contributed by atoms with E-state index in [2.05, 4.69) is 84.7 Å². The van der Waals surface area contributed by atoms with E-state index >= 15 is 0 Å². The summed E-state index contributed by atoms with van der Waals surface area (Å²) in [7, 11) is 2.07. The first-order valence-electron chi connectivity index (χ1n) is 11.3. The number of rotatable bonds is 5. The van der Waals surface area contributed by atoms with Gasteiger partial charge in [0.15, 0.2) is 0 Å². The molecule has 0 amide bonds. The van der Waals surface area contributed by atoms with Gasteiger partial charge in [-0.05, 0) is 43.1 Å². The predicted octanol–water partition coefficient (Wildman–Crippen LogP) is 4.64. The number of likely N-dealkylation sites (tertiary alicyclic amines) is 1. The topological polar surface area (TPSA) is 41.3 Å². The molecule has 1 aliphatic heterocycles. The molecule has 1 fully saturated rings. The van der Waals surface area contributed by atoms with E-state index in [1.54, 1.807) is 0 Å². The number of likely N-dealkylation sites (N-methyl/N-ethyl adjacent to an activating group) is 1. The summed E-state index contributed by atoms with van der Waals surface area (Å²) in [6.45, 7) is 1.63. The Labute approximate surface area is 189 Å². The van der Waals surface area contributed by atoms with Crippen molar-refractivity contribution in [3.05, 3.63) is 126 Å². The van der Waals surface area contributed by atoms with Crippen LogP contribution < -0.4 is 0 Å². The molecule has 2 heterocycles. The molecular weight excluding hydrogens is 394 g/mol. The highest BCUT2D eigenvalue weighted by Crippen LogP contribution is 2.41. The Bertz CT molecular complexity index is 1060. The molecule has 0 saturated carbocycles. The van der Waals surface area contributed by atoms with Crippen LogP contribution in [0.3, 0.4) is 0 Å². The van der Waals surface area contributed by atoms with Crippen molar-refractivity contribution in [2.45, 2.75) is 24.0 Å². The van der Waals surface area contributed by atoms with Crippen molar-refractivity contribution in [3.63, 3.8) is 0 Å². The highest BCUT2D eigenvalue weighted by molar-refractivity contribution is 5.50. The van der Waals surface area contributed by atoms with E-state index < -0.39 is 11.1 Å². The Morgan fingerprint density at radius 1 is 0.812 bits per heavy atom. The van der Waals surface area contributed by atoms with Gasteiger partial charge in [0.1, 0.15) is 11.1 Å². The number of hydrogen-bond donors (Lipinski definition) is 1. The summed E-state index contributed by atoms with van der Waals surface area (Å²) in [6, 6.07) is 31.5. The van der Waals surface area contributed by atoms with Crippen LogP contribution in [-0.2, 0) is 11.1 Å². The van der Waals surface area contributed by atoms with Crippen LogP contribution in [0.5, 0.6) is 0 Å². The van der Waals surface area contributed by atoms with Crippen LogP contribution in [0.1, 0.15) is 35.1 Å². The maximum absolute atomic E-state index is 11.5. The normalized spacial score (nSPS) is 19.7. The lowest BCUT2D eigenvalue weighted by molar-refractivity contribution is -0.0278. The highest BCUT2D eigenvalue weighted by Gasteiger charge is 2.41. The molecule has 4 nitrogen and oxygen atoms in total.